The van der Waals surface area contributed by atoms with Crippen molar-refractivity contribution in [1.29, 1.82) is 0 Å². The summed E-state index contributed by atoms with van der Waals surface area (Å²) < 4.78 is 2.44. The number of thiophene rings is 1. The SMILES string of the molecule is C[C@H]1CCc2c(sc3ncnc(N4CCC[C@H](c5nnc6n5CCCCC6)C4)c23)C1. The second kappa shape index (κ2) is 7.59. The van der Waals surface area contributed by atoms with E-state index in [4.69, 9.17) is 4.98 Å². The van der Waals surface area contributed by atoms with E-state index in [-0.39, 0.29) is 0 Å². The van der Waals surface area contributed by atoms with Crippen LogP contribution in [0.25, 0.3) is 10.2 Å². The van der Waals surface area contributed by atoms with Crippen LogP contribution in [0.2, 0.25) is 0 Å². The lowest BCUT2D eigenvalue weighted by molar-refractivity contribution is 0.464. The van der Waals surface area contributed by atoms with Crippen LogP contribution in [0, 0.1) is 5.92 Å². The summed E-state index contributed by atoms with van der Waals surface area (Å²) in [6.07, 6.45) is 12.7. The van der Waals surface area contributed by atoms with Gasteiger partial charge in [0.2, 0.25) is 0 Å². The van der Waals surface area contributed by atoms with Gasteiger partial charge in [-0.15, -0.1) is 21.5 Å². The summed E-state index contributed by atoms with van der Waals surface area (Å²) in [6, 6.07) is 0. The van der Waals surface area contributed by atoms with Gasteiger partial charge in [0.25, 0.3) is 0 Å². The molecule has 2 atom stereocenters. The van der Waals surface area contributed by atoms with Gasteiger partial charge in [-0.2, -0.15) is 0 Å². The van der Waals surface area contributed by atoms with E-state index < -0.39 is 0 Å². The van der Waals surface area contributed by atoms with Crippen molar-refractivity contribution in [3.8, 4) is 0 Å². The molecule has 0 spiro atoms. The van der Waals surface area contributed by atoms with Gasteiger partial charge in [-0.1, -0.05) is 13.3 Å². The number of rotatable bonds is 2. The van der Waals surface area contributed by atoms with E-state index in [9.17, 15) is 0 Å². The lowest BCUT2D eigenvalue weighted by Crippen LogP contribution is -2.36. The molecule has 0 saturated carbocycles. The Labute approximate surface area is 181 Å². The number of piperidine rings is 1. The van der Waals surface area contributed by atoms with E-state index >= 15 is 0 Å². The second-order valence-electron chi connectivity index (χ2n) is 9.45. The Morgan fingerprint density at radius 1 is 1.00 bits per heavy atom. The number of anilines is 1. The Morgan fingerprint density at radius 2 is 1.97 bits per heavy atom. The molecule has 1 saturated heterocycles. The first-order valence-corrected chi connectivity index (χ1v) is 12.5. The molecular formula is C23H30N6S. The Kier molecular flexibility index (Phi) is 4.74. The zero-order chi connectivity index (χ0) is 20.1. The Morgan fingerprint density at radius 3 is 2.93 bits per heavy atom. The summed E-state index contributed by atoms with van der Waals surface area (Å²) in [4.78, 5) is 14.7. The Balaban J connectivity index is 1.34. The predicted octanol–water partition coefficient (Wildman–Crippen LogP) is 4.52. The highest BCUT2D eigenvalue weighted by atomic mass is 32.1. The number of nitrogens with zero attached hydrogens (tertiary/aromatic N) is 6. The minimum absolute atomic E-state index is 0.442. The fourth-order valence-electron chi connectivity index (χ4n) is 5.69. The van der Waals surface area contributed by atoms with E-state index in [1.807, 2.05) is 11.3 Å². The van der Waals surface area contributed by atoms with Crippen LogP contribution in [0.5, 0.6) is 0 Å². The zero-order valence-electron chi connectivity index (χ0n) is 17.8. The van der Waals surface area contributed by atoms with Gasteiger partial charge < -0.3 is 9.47 Å². The second-order valence-corrected chi connectivity index (χ2v) is 10.5. The molecule has 0 bridgehead atoms. The van der Waals surface area contributed by atoms with E-state index in [0.717, 1.165) is 37.8 Å². The molecule has 0 amide bonds. The normalized spacial score (nSPS) is 24.5. The summed E-state index contributed by atoms with van der Waals surface area (Å²) in [5.74, 6) is 4.79. The molecule has 3 aliphatic rings. The van der Waals surface area contributed by atoms with Crippen molar-refractivity contribution in [3.05, 3.63) is 28.4 Å². The van der Waals surface area contributed by atoms with Crippen LogP contribution in [-0.2, 0) is 25.8 Å². The topological polar surface area (TPSA) is 59.7 Å². The van der Waals surface area contributed by atoms with E-state index in [1.54, 1.807) is 11.2 Å². The summed E-state index contributed by atoms with van der Waals surface area (Å²) in [5, 5.41) is 10.6. The molecular weight excluding hydrogens is 392 g/mol. The van der Waals surface area contributed by atoms with Crippen molar-refractivity contribution in [2.45, 2.75) is 77.2 Å². The van der Waals surface area contributed by atoms with Gasteiger partial charge in [0.15, 0.2) is 0 Å². The third-order valence-corrected chi connectivity index (χ3v) is 8.46. The number of hydrogen-bond donors (Lipinski definition) is 0. The van der Waals surface area contributed by atoms with Crippen LogP contribution >= 0.6 is 11.3 Å². The summed E-state index contributed by atoms with van der Waals surface area (Å²) in [7, 11) is 0. The van der Waals surface area contributed by atoms with Gasteiger partial charge in [-0.05, 0) is 56.4 Å². The maximum Gasteiger partial charge on any atom is 0.141 e. The summed E-state index contributed by atoms with van der Waals surface area (Å²) in [5.41, 5.74) is 1.53. The molecule has 5 heterocycles. The molecule has 158 valence electrons. The lowest BCUT2D eigenvalue weighted by atomic mass is 9.89. The molecule has 1 aliphatic carbocycles. The molecule has 7 heteroatoms. The van der Waals surface area contributed by atoms with Crippen LogP contribution in [0.1, 0.15) is 73.5 Å². The maximum atomic E-state index is 4.83. The highest BCUT2D eigenvalue weighted by Gasteiger charge is 2.30. The van der Waals surface area contributed by atoms with Crippen molar-refractivity contribution in [3.63, 3.8) is 0 Å². The third-order valence-electron chi connectivity index (χ3n) is 7.30. The van der Waals surface area contributed by atoms with Crippen molar-refractivity contribution >= 4 is 27.4 Å². The molecule has 30 heavy (non-hydrogen) atoms. The van der Waals surface area contributed by atoms with Gasteiger partial charge in [0.05, 0.1) is 5.39 Å². The largest absolute Gasteiger partial charge is 0.355 e. The average Bonchev–Trinajstić information content (AvgIpc) is 3.26. The van der Waals surface area contributed by atoms with Crippen LogP contribution in [-0.4, -0.2) is 37.8 Å². The van der Waals surface area contributed by atoms with E-state index in [2.05, 4.69) is 31.6 Å². The zero-order valence-corrected chi connectivity index (χ0v) is 18.6. The number of aryl methyl sites for hydroxylation is 2. The first kappa shape index (κ1) is 18.7. The summed E-state index contributed by atoms with van der Waals surface area (Å²) in [6.45, 7) is 5.52. The molecule has 2 aliphatic heterocycles. The van der Waals surface area contributed by atoms with E-state index in [0.29, 0.717) is 5.92 Å². The third kappa shape index (κ3) is 3.13. The molecule has 0 N–H and O–H groups in total. The van der Waals surface area contributed by atoms with Crippen LogP contribution in [0.15, 0.2) is 6.33 Å². The van der Waals surface area contributed by atoms with Crippen LogP contribution in [0.4, 0.5) is 5.82 Å². The maximum absolute atomic E-state index is 4.83. The van der Waals surface area contributed by atoms with Crippen LogP contribution < -0.4 is 4.90 Å². The van der Waals surface area contributed by atoms with Gasteiger partial charge in [0, 0.05) is 36.9 Å². The average molecular weight is 423 g/mol. The van der Waals surface area contributed by atoms with Crippen LogP contribution in [0.3, 0.4) is 0 Å². The molecule has 0 radical (unpaired) electrons. The molecule has 1 fully saturated rings. The predicted molar refractivity (Wildman–Crippen MR) is 120 cm³/mol. The monoisotopic (exact) mass is 422 g/mol. The first-order chi connectivity index (χ1) is 14.8. The minimum atomic E-state index is 0.442. The summed E-state index contributed by atoms with van der Waals surface area (Å²) >= 11 is 1.90. The highest BCUT2D eigenvalue weighted by molar-refractivity contribution is 7.19. The molecule has 6 nitrogen and oxygen atoms in total. The van der Waals surface area contributed by atoms with Gasteiger partial charge in [-0.3, -0.25) is 0 Å². The highest BCUT2D eigenvalue weighted by Crippen LogP contribution is 2.41. The first-order valence-electron chi connectivity index (χ1n) is 11.7. The van der Waals surface area contributed by atoms with Crippen molar-refractivity contribution in [1.82, 2.24) is 24.7 Å². The van der Waals surface area contributed by atoms with Gasteiger partial charge in [-0.25, -0.2) is 9.97 Å². The number of aromatic nitrogens is 5. The lowest BCUT2D eigenvalue weighted by Gasteiger charge is -2.34. The molecule has 3 aromatic heterocycles. The van der Waals surface area contributed by atoms with E-state index in [1.165, 1.54) is 78.8 Å². The standard InChI is InChI=1S/C23H30N6S/c1-15-8-9-17-18(12-15)30-23-20(17)22(24-14-25-23)28-10-5-6-16(13-28)21-27-26-19-7-3-2-4-11-29(19)21/h14-16H,2-13H2,1H3/t15-,16-/m0/s1. The fourth-order valence-corrected chi connectivity index (χ4v) is 7.03. The van der Waals surface area contributed by atoms with Gasteiger partial charge in [0.1, 0.15) is 28.6 Å². The minimum Gasteiger partial charge on any atom is -0.355 e. The van der Waals surface area contributed by atoms with Gasteiger partial charge >= 0.3 is 0 Å². The number of hydrogen-bond acceptors (Lipinski definition) is 6. The number of fused-ring (bicyclic) bond motifs is 4. The van der Waals surface area contributed by atoms with Crippen molar-refractivity contribution < 1.29 is 0 Å². The Bertz CT molecular complexity index is 1070. The quantitative estimate of drug-likeness (QED) is 0.608. The van der Waals surface area contributed by atoms with Crippen molar-refractivity contribution in [2.75, 3.05) is 18.0 Å². The smallest absolute Gasteiger partial charge is 0.141 e. The van der Waals surface area contributed by atoms with Crippen molar-refractivity contribution in [2.24, 2.45) is 5.92 Å². The Hall–Kier alpha value is -2.02. The molecule has 6 rings (SSSR count). The molecule has 0 aromatic carbocycles. The molecule has 3 aromatic rings. The fraction of sp³-hybridized carbons (Fsp3) is 0.652. The molecule has 0 unspecified atom stereocenters.